The van der Waals surface area contributed by atoms with E-state index < -0.39 is 0 Å². The van der Waals surface area contributed by atoms with Gasteiger partial charge in [-0.3, -0.25) is 4.79 Å². The Kier molecular flexibility index (Phi) is 12.7. The number of hydrogen-bond acceptors (Lipinski definition) is 6. The molecule has 2 heterocycles. The number of hydrogen-bond donors (Lipinski definition) is 2. The van der Waals surface area contributed by atoms with E-state index in [-0.39, 0.29) is 18.1 Å². The van der Waals surface area contributed by atoms with Crippen molar-refractivity contribution in [3.63, 3.8) is 0 Å². The lowest BCUT2D eigenvalue weighted by atomic mass is 10.0. The predicted octanol–water partition coefficient (Wildman–Crippen LogP) is 2.91. The molecule has 3 atom stereocenters. The maximum absolute atomic E-state index is 12.0. The van der Waals surface area contributed by atoms with E-state index in [9.17, 15) is 9.59 Å². The van der Waals surface area contributed by atoms with Crippen LogP contribution in [0.3, 0.4) is 0 Å². The molecule has 2 aliphatic rings. The molecule has 0 saturated carbocycles. The molecule has 2 N–H and O–H groups in total. The summed E-state index contributed by atoms with van der Waals surface area (Å²) in [7, 11) is 0. The predicted molar refractivity (Wildman–Crippen MR) is 116 cm³/mol. The van der Waals surface area contributed by atoms with Crippen molar-refractivity contribution in [1.82, 2.24) is 10.6 Å². The van der Waals surface area contributed by atoms with Gasteiger partial charge < -0.3 is 24.8 Å². The third-order valence-corrected chi connectivity index (χ3v) is 6.73. The quantitative estimate of drug-likeness (QED) is 0.257. The van der Waals surface area contributed by atoms with Crippen LogP contribution in [0.5, 0.6) is 0 Å². The van der Waals surface area contributed by atoms with Gasteiger partial charge >= 0.3 is 6.03 Å². The van der Waals surface area contributed by atoms with Crippen molar-refractivity contribution in [3.05, 3.63) is 0 Å². The Labute approximate surface area is 179 Å². The van der Waals surface area contributed by atoms with Gasteiger partial charge in [0.25, 0.3) is 0 Å². The van der Waals surface area contributed by atoms with Gasteiger partial charge in [0.15, 0.2) is 0 Å². The molecule has 8 heteroatoms. The molecule has 0 bridgehead atoms. The van der Waals surface area contributed by atoms with Gasteiger partial charge in [-0.25, -0.2) is 4.79 Å². The number of thioether (sulfide) groups is 1. The molecule has 2 amide bonds. The van der Waals surface area contributed by atoms with Gasteiger partial charge in [0, 0.05) is 37.1 Å². The first-order valence-electron chi connectivity index (χ1n) is 11.1. The number of Topliss-reactive ketones (excluding diaryl/α,β-unsaturated/α-hetero) is 1. The van der Waals surface area contributed by atoms with Gasteiger partial charge in [0.05, 0.1) is 38.5 Å². The Bertz CT molecular complexity index is 480. The van der Waals surface area contributed by atoms with E-state index in [2.05, 4.69) is 17.6 Å². The number of urea groups is 1. The first-order chi connectivity index (χ1) is 14.2. The van der Waals surface area contributed by atoms with Crippen molar-refractivity contribution in [3.8, 4) is 0 Å². The Morgan fingerprint density at radius 2 is 1.59 bits per heavy atom. The van der Waals surface area contributed by atoms with Gasteiger partial charge in [-0.15, -0.1) is 0 Å². The molecular formula is C21H38N2O5S. The fourth-order valence-corrected chi connectivity index (χ4v) is 5.19. The minimum absolute atomic E-state index is 0.0333. The number of amides is 2. The zero-order valence-electron chi connectivity index (χ0n) is 17.8. The summed E-state index contributed by atoms with van der Waals surface area (Å²) < 4.78 is 16.3. The van der Waals surface area contributed by atoms with Crippen LogP contribution in [0, 0.1) is 0 Å². The van der Waals surface area contributed by atoms with Crippen LogP contribution in [0.4, 0.5) is 4.79 Å². The molecule has 2 fully saturated rings. The topological polar surface area (TPSA) is 85.9 Å². The Morgan fingerprint density at radius 1 is 0.931 bits per heavy atom. The molecule has 0 unspecified atom stereocenters. The van der Waals surface area contributed by atoms with E-state index in [1.165, 1.54) is 0 Å². The molecule has 29 heavy (non-hydrogen) atoms. The fourth-order valence-electron chi connectivity index (χ4n) is 3.65. The summed E-state index contributed by atoms with van der Waals surface area (Å²) in [5.41, 5.74) is 0. The highest BCUT2D eigenvalue weighted by Gasteiger charge is 2.42. The molecular weight excluding hydrogens is 392 g/mol. The van der Waals surface area contributed by atoms with Crippen molar-refractivity contribution in [2.75, 3.05) is 45.4 Å². The highest BCUT2D eigenvalue weighted by atomic mass is 32.2. The maximum atomic E-state index is 12.0. The molecule has 0 radical (unpaired) electrons. The lowest BCUT2D eigenvalue weighted by Gasteiger charge is -2.16. The third kappa shape index (κ3) is 10.2. The summed E-state index contributed by atoms with van der Waals surface area (Å²) in [6.07, 6.45) is 7.23. The average molecular weight is 431 g/mol. The summed E-state index contributed by atoms with van der Waals surface area (Å²) in [6.45, 7) is 6.01. The van der Waals surface area contributed by atoms with Crippen LogP contribution in [0.1, 0.15) is 58.3 Å². The highest BCUT2D eigenvalue weighted by Crippen LogP contribution is 2.33. The molecule has 0 aromatic rings. The molecule has 0 aliphatic carbocycles. The SMILES string of the molecule is CCCOCCOCCOCCCCC(=O)CCCC[C@@H]1SC[C@@H]2NC(=O)N[C@@H]21. The minimum Gasteiger partial charge on any atom is -0.379 e. The summed E-state index contributed by atoms with van der Waals surface area (Å²) >= 11 is 1.93. The average Bonchev–Trinajstić information content (AvgIpc) is 3.25. The number of unbranched alkanes of at least 4 members (excludes halogenated alkanes) is 2. The smallest absolute Gasteiger partial charge is 0.315 e. The van der Waals surface area contributed by atoms with Gasteiger partial charge in [-0.2, -0.15) is 11.8 Å². The summed E-state index contributed by atoms with van der Waals surface area (Å²) in [5, 5.41) is 6.47. The van der Waals surface area contributed by atoms with Crippen LogP contribution in [-0.4, -0.2) is 74.5 Å². The first kappa shape index (κ1) is 24.4. The van der Waals surface area contributed by atoms with Crippen molar-refractivity contribution in [2.45, 2.75) is 75.6 Å². The van der Waals surface area contributed by atoms with Gasteiger partial charge in [0.1, 0.15) is 5.78 Å². The Hall–Kier alpha value is -0.830. The van der Waals surface area contributed by atoms with E-state index in [1.807, 2.05) is 11.8 Å². The Balaban J connectivity index is 1.33. The standard InChI is InChI=1S/C21H38N2O5S/c1-2-10-26-12-14-28-15-13-27-11-6-5-8-17(24)7-3-4-9-19-20-18(16-29-19)22-21(25)23-20/h18-20H,2-16H2,1H3,(H2,22,23,25)/t18-,19-,20-/m0/s1. The monoisotopic (exact) mass is 430 g/mol. The number of rotatable bonds is 18. The number of carbonyl (C=O) groups excluding carboxylic acids is 2. The Morgan fingerprint density at radius 3 is 2.31 bits per heavy atom. The largest absolute Gasteiger partial charge is 0.379 e. The third-order valence-electron chi connectivity index (χ3n) is 5.22. The molecule has 2 rings (SSSR count). The van der Waals surface area contributed by atoms with Crippen LogP contribution in [0.15, 0.2) is 0 Å². The number of ketones is 1. The lowest BCUT2D eigenvalue weighted by molar-refractivity contribution is -0.119. The summed E-state index contributed by atoms with van der Waals surface area (Å²) in [6, 6.07) is 0.518. The number of fused-ring (bicyclic) bond motifs is 1. The van der Waals surface area contributed by atoms with Crippen LogP contribution >= 0.6 is 11.8 Å². The van der Waals surface area contributed by atoms with E-state index >= 15 is 0 Å². The van der Waals surface area contributed by atoms with Crippen LogP contribution in [0.2, 0.25) is 0 Å². The number of nitrogens with one attached hydrogen (secondary N) is 2. The molecule has 168 valence electrons. The second-order valence-corrected chi connectivity index (χ2v) is 8.97. The van der Waals surface area contributed by atoms with Gasteiger partial charge in [-0.05, 0) is 32.1 Å². The number of carbonyl (C=O) groups is 2. The van der Waals surface area contributed by atoms with Crippen molar-refractivity contribution < 1.29 is 23.8 Å². The zero-order chi connectivity index (χ0) is 20.7. The van der Waals surface area contributed by atoms with E-state index in [0.717, 1.165) is 50.9 Å². The molecule has 7 nitrogen and oxygen atoms in total. The molecule has 2 aliphatic heterocycles. The lowest BCUT2D eigenvalue weighted by Crippen LogP contribution is -2.36. The second kappa shape index (κ2) is 15.0. The van der Waals surface area contributed by atoms with Crippen LogP contribution in [-0.2, 0) is 19.0 Å². The van der Waals surface area contributed by atoms with E-state index in [1.54, 1.807) is 0 Å². The van der Waals surface area contributed by atoms with Crippen LogP contribution in [0.25, 0.3) is 0 Å². The van der Waals surface area contributed by atoms with Crippen LogP contribution < -0.4 is 10.6 Å². The van der Waals surface area contributed by atoms with Crippen molar-refractivity contribution >= 4 is 23.6 Å². The van der Waals surface area contributed by atoms with Gasteiger partial charge in [0.2, 0.25) is 0 Å². The molecule has 2 saturated heterocycles. The normalized spacial score (nSPS) is 23.1. The number of ether oxygens (including phenoxy) is 3. The highest BCUT2D eigenvalue weighted by molar-refractivity contribution is 8.00. The summed E-state index contributed by atoms with van der Waals surface area (Å²) in [4.78, 5) is 23.4. The van der Waals surface area contributed by atoms with E-state index in [0.29, 0.717) is 56.9 Å². The fraction of sp³-hybridized carbons (Fsp3) is 0.905. The first-order valence-corrected chi connectivity index (χ1v) is 12.2. The van der Waals surface area contributed by atoms with Gasteiger partial charge in [-0.1, -0.05) is 13.3 Å². The molecule has 0 aromatic carbocycles. The summed E-state index contributed by atoms with van der Waals surface area (Å²) in [5.74, 6) is 1.35. The maximum Gasteiger partial charge on any atom is 0.315 e. The second-order valence-electron chi connectivity index (χ2n) is 7.70. The molecule has 0 aromatic heterocycles. The van der Waals surface area contributed by atoms with E-state index in [4.69, 9.17) is 14.2 Å². The minimum atomic E-state index is -0.0333. The molecule has 0 spiro atoms. The van der Waals surface area contributed by atoms with Crippen molar-refractivity contribution in [1.29, 1.82) is 0 Å². The zero-order valence-corrected chi connectivity index (χ0v) is 18.6. The van der Waals surface area contributed by atoms with Crippen molar-refractivity contribution in [2.24, 2.45) is 0 Å².